The molecule has 9 nitrogen and oxygen atoms in total. The molecular weight excluding hydrogens is 346 g/mol. The molecule has 2 heterocycles. The van der Waals surface area contributed by atoms with E-state index in [0.29, 0.717) is 23.5 Å². The zero-order chi connectivity index (χ0) is 17.9. The van der Waals surface area contributed by atoms with Crippen molar-refractivity contribution in [3.8, 4) is 0 Å². The summed E-state index contributed by atoms with van der Waals surface area (Å²) >= 11 is 0. The molecule has 10 heteroatoms. The Hall–Kier alpha value is -2.75. The first-order chi connectivity index (χ1) is 11.9. The zero-order valence-electron chi connectivity index (χ0n) is 13.5. The molecule has 1 aromatic heterocycles. The molecule has 1 aliphatic rings. The van der Waals surface area contributed by atoms with Gasteiger partial charge in [-0.05, 0) is 30.7 Å². The zero-order valence-corrected chi connectivity index (χ0v) is 14.3. The van der Waals surface area contributed by atoms with Crippen LogP contribution in [0.5, 0.6) is 0 Å². The number of nitrogens with zero attached hydrogens (tertiary/aromatic N) is 3. The van der Waals surface area contributed by atoms with Crippen molar-refractivity contribution in [1.29, 1.82) is 0 Å². The van der Waals surface area contributed by atoms with Crippen LogP contribution in [-0.4, -0.2) is 54.2 Å². The first-order valence-corrected chi connectivity index (χ1v) is 9.39. The Balaban J connectivity index is 1.66. The predicted molar refractivity (Wildman–Crippen MR) is 91.6 cm³/mol. The fraction of sp³-hybridized carbons (Fsp3) is 0.333. The van der Waals surface area contributed by atoms with Gasteiger partial charge in [-0.25, -0.2) is 13.2 Å². The van der Waals surface area contributed by atoms with Crippen LogP contribution in [0.4, 0.5) is 17.5 Å². The first kappa shape index (κ1) is 17.1. The van der Waals surface area contributed by atoms with Gasteiger partial charge in [0.15, 0.2) is 15.7 Å². The molecule has 0 amide bonds. The Labute approximate surface area is 144 Å². The highest BCUT2D eigenvalue weighted by molar-refractivity contribution is 7.91. The van der Waals surface area contributed by atoms with Crippen molar-refractivity contribution in [1.82, 2.24) is 15.2 Å². The Bertz CT molecular complexity index is 870. The molecule has 1 fully saturated rings. The van der Waals surface area contributed by atoms with Crippen LogP contribution in [-0.2, 0) is 14.6 Å². The van der Waals surface area contributed by atoms with Gasteiger partial charge in [0.1, 0.15) is 0 Å². The van der Waals surface area contributed by atoms with Crippen molar-refractivity contribution < 1.29 is 17.9 Å². The number of carbonyl (C=O) groups excluding carboxylic acids is 1. The van der Waals surface area contributed by atoms with E-state index in [1.807, 2.05) is 0 Å². The molecule has 2 N–H and O–H groups in total. The number of hydrogen-bond donors (Lipinski definition) is 2. The van der Waals surface area contributed by atoms with E-state index in [0.717, 1.165) is 0 Å². The molecule has 1 saturated heterocycles. The maximum absolute atomic E-state index is 11.5. The summed E-state index contributed by atoms with van der Waals surface area (Å²) < 4.78 is 27.6. The van der Waals surface area contributed by atoms with Crippen LogP contribution in [0.2, 0.25) is 0 Å². The lowest BCUT2D eigenvalue weighted by molar-refractivity contribution is 0.0601. The minimum atomic E-state index is -2.98. The van der Waals surface area contributed by atoms with Gasteiger partial charge < -0.3 is 15.4 Å². The van der Waals surface area contributed by atoms with Gasteiger partial charge in [-0.15, -0.1) is 5.10 Å². The summed E-state index contributed by atoms with van der Waals surface area (Å²) in [5, 5.41) is 13.8. The van der Waals surface area contributed by atoms with Crippen LogP contribution < -0.4 is 10.6 Å². The highest BCUT2D eigenvalue weighted by atomic mass is 32.2. The number of esters is 1. The summed E-state index contributed by atoms with van der Waals surface area (Å²) in [6, 6.07) is 6.48. The molecule has 0 aliphatic carbocycles. The van der Waals surface area contributed by atoms with Gasteiger partial charge in [0.05, 0.1) is 30.4 Å². The van der Waals surface area contributed by atoms with Crippen LogP contribution >= 0.6 is 0 Å². The standard InChI is InChI=1S/C15H17N5O4S/c1-24-14(21)10-2-4-11(5-3-10)17-13-8-16-20-15(19-13)18-12-6-7-25(22,23)9-12/h2-5,8,12H,6-7,9H2,1H3,(H2,17,18,19,20). The van der Waals surface area contributed by atoms with Gasteiger partial charge in [-0.3, -0.25) is 0 Å². The molecule has 1 atom stereocenters. The number of sulfone groups is 1. The first-order valence-electron chi connectivity index (χ1n) is 7.57. The van der Waals surface area contributed by atoms with E-state index in [1.54, 1.807) is 24.3 Å². The Morgan fingerprint density at radius 1 is 1.28 bits per heavy atom. The second-order valence-corrected chi connectivity index (χ2v) is 7.83. The lowest BCUT2D eigenvalue weighted by atomic mass is 10.2. The van der Waals surface area contributed by atoms with E-state index in [2.05, 4.69) is 30.6 Å². The third-order valence-corrected chi connectivity index (χ3v) is 5.47. The lowest BCUT2D eigenvalue weighted by Gasteiger charge is -2.11. The van der Waals surface area contributed by atoms with Crippen LogP contribution in [0.25, 0.3) is 0 Å². The molecule has 1 aromatic carbocycles. The molecule has 0 bridgehead atoms. The van der Waals surface area contributed by atoms with Crippen molar-refractivity contribution >= 4 is 33.3 Å². The largest absolute Gasteiger partial charge is 0.465 e. The van der Waals surface area contributed by atoms with Gasteiger partial charge in [0.25, 0.3) is 0 Å². The predicted octanol–water partition coefficient (Wildman–Crippen LogP) is 1.00. The minimum absolute atomic E-state index is 0.0724. The quantitative estimate of drug-likeness (QED) is 0.749. The van der Waals surface area contributed by atoms with Crippen LogP contribution in [0.3, 0.4) is 0 Å². The number of methoxy groups -OCH3 is 1. The number of aromatic nitrogens is 3. The topological polar surface area (TPSA) is 123 Å². The average Bonchev–Trinajstić information content (AvgIpc) is 2.93. The van der Waals surface area contributed by atoms with Crippen LogP contribution in [0.1, 0.15) is 16.8 Å². The smallest absolute Gasteiger partial charge is 0.337 e. The Morgan fingerprint density at radius 3 is 2.68 bits per heavy atom. The van der Waals surface area contributed by atoms with E-state index in [1.165, 1.54) is 13.3 Å². The summed E-state index contributed by atoms with van der Waals surface area (Å²) in [6.07, 6.45) is 1.98. The van der Waals surface area contributed by atoms with E-state index < -0.39 is 15.8 Å². The summed E-state index contributed by atoms with van der Waals surface area (Å²) in [5.74, 6) is 0.543. The normalized spacial score (nSPS) is 18.5. The minimum Gasteiger partial charge on any atom is -0.465 e. The van der Waals surface area contributed by atoms with Gasteiger partial charge in [-0.2, -0.15) is 10.1 Å². The monoisotopic (exact) mass is 363 g/mol. The second-order valence-electron chi connectivity index (χ2n) is 5.60. The van der Waals surface area contributed by atoms with Crippen LogP contribution in [0.15, 0.2) is 30.5 Å². The number of rotatable bonds is 5. The molecule has 1 unspecified atom stereocenters. The third-order valence-electron chi connectivity index (χ3n) is 3.70. The van der Waals surface area contributed by atoms with Crippen molar-refractivity contribution in [2.75, 3.05) is 29.2 Å². The van der Waals surface area contributed by atoms with Gasteiger partial charge in [0.2, 0.25) is 5.95 Å². The van der Waals surface area contributed by atoms with E-state index in [-0.39, 0.29) is 23.5 Å². The number of ether oxygens (including phenoxy) is 1. The third kappa shape index (κ3) is 4.41. The SMILES string of the molecule is COC(=O)c1ccc(Nc2cnnc(NC3CCS(=O)(=O)C3)n2)cc1. The maximum Gasteiger partial charge on any atom is 0.337 e. The number of benzene rings is 1. The molecular formula is C15H17N5O4S. The molecule has 132 valence electrons. The molecule has 0 saturated carbocycles. The molecule has 1 aliphatic heterocycles. The number of hydrogen-bond acceptors (Lipinski definition) is 9. The van der Waals surface area contributed by atoms with Crippen LogP contribution in [0, 0.1) is 0 Å². The Morgan fingerprint density at radius 2 is 2.04 bits per heavy atom. The second kappa shape index (κ2) is 7.01. The van der Waals surface area contributed by atoms with E-state index in [4.69, 9.17) is 0 Å². The van der Waals surface area contributed by atoms with E-state index >= 15 is 0 Å². The van der Waals surface area contributed by atoms with E-state index in [9.17, 15) is 13.2 Å². The molecule has 0 radical (unpaired) electrons. The number of anilines is 3. The summed E-state index contributed by atoms with van der Waals surface area (Å²) in [4.78, 5) is 15.7. The van der Waals surface area contributed by atoms with Crippen molar-refractivity contribution in [2.45, 2.75) is 12.5 Å². The molecule has 0 spiro atoms. The van der Waals surface area contributed by atoms with Gasteiger partial charge in [0, 0.05) is 11.7 Å². The molecule has 25 heavy (non-hydrogen) atoms. The summed E-state index contributed by atoms with van der Waals surface area (Å²) in [7, 11) is -1.65. The number of carbonyl (C=O) groups is 1. The fourth-order valence-electron chi connectivity index (χ4n) is 2.47. The maximum atomic E-state index is 11.5. The van der Waals surface area contributed by atoms with Gasteiger partial charge >= 0.3 is 5.97 Å². The number of nitrogens with one attached hydrogen (secondary N) is 2. The highest BCUT2D eigenvalue weighted by Gasteiger charge is 2.28. The highest BCUT2D eigenvalue weighted by Crippen LogP contribution is 2.18. The Kier molecular flexibility index (Phi) is 4.79. The fourth-order valence-corrected chi connectivity index (χ4v) is 4.15. The van der Waals surface area contributed by atoms with Gasteiger partial charge in [-0.1, -0.05) is 0 Å². The van der Waals surface area contributed by atoms with Crippen molar-refractivity contribution in [2.24, 2.45) is 0 Å². The van der Waals surface area contributed by atoms with Crippen molar-refractivity contribution in [3.05, 3.63) is 36.0 Å². The average molecular weight is 363 g/mol. The lowest BCUT2D eigenvalue weighted by Crippen LogP contribution is -2.22. The summed E-state index contributed by atoms with van der Waals surface area (Å²) in [6.45, 7) is 0. The molecule has 3 rings (SSSR count). The summed E-state index contributed by atoms with van der Waals surface area (Å²) in [5.41, 5.74) is 1.15. The van der Waals surface area contributed by atoms with Crippen molar-refractivity contribution in [3.63, 3.8) is 0 Å². The molecule has 2 aromatic rings.